The van der Waals surface area contributed by atoms with Gasteiger partial charge in [-0.1, -0.05) is 36.8 Å². The summed E-state index contributed by atoms with van der Waals surface area (Å²) < 4.78 is 5.26. The molecule has 1 unspecified atom stereocenters. The number of hydrogen-bond acceptors (Lipinski definition) is 4. The molecule has 1 fully saturated rings. The van der Waals surface area contributed by atoms with Crippen molar-refractivity contribution in [3.63, 3.8) is 0 Å². The van der Waals surface area contributed by atoms with E-state index in [1.807, 2.05) is 18.2 Å². The first-order valence-electron chi connectivity index (χ1n) is 10.2. The maximum Gasteiger partial charge on any atom is 0.251 e. The van der Waals surface area contributed by atoms with Gasteiger partial charge in [0.25, 0.3) is 5.91 Å². The van der Waals surface area contributed by atoms with Gasteiger partial charge in [-0.3, -0.25) is 14.5 Å². The zero-order valence-corrected chi connectivity index (χ0v) is 16.9. The highest BCUT2D eigenvalue weighted by Gasteiger charge is 2.23. The van der Waals surface area contributed by atoms with Crippen LogP contribution < -0.4 is 15.4 Å². The maximum absolute atomic E-state index is 12.3. The number of likely N-dealkylation sites (tertiary alicyclic amines) is 1. The first-order chi connectivity index (χ1) is 14.2. The Morgan fingerprint density at radius 2 is 1.66 bits per heavy atom. The number of nitrogens with zero attached hydrogens (tertiary/aromatic N) is 1. The van der Waals surface area contributed by atoms with Crippen molar-refractivity contribution in [2.24, 2.45) is 0 Å². The molecule has 1 saturated heterocycles. The van der Waals surface area contributed by atoms with Crippen LogP contribution in [0.5, 0.6) is 5.75 Å². The fraction of sp³-hybridized carbons (Fsp3) is 0.391. The van der Waals surface area contributed by atoms with Crippen molar-refractivity contribution in [3.8, 4) is 5.75 Å². The van der Waals surface area contributed by atoms with Gasteiger partial charge in [-0.05, 0) is 55.8 Å². The zero-order chi connectivity index (χ0) is 20.5. The summed E-state index contributed by atoms with van der Waals surface area (Å²) in [6.45, 7) is 2.52. The standard InChI is InChI=1S/C23H29N3O3/c1-29-20-12-10-18(11-13-20)21(26-14-6-3-7-15-26)16-24-22(27)17-25-23(28)19-8-4-2-5-9-19/h2,4-5,8-13,21H,3,6-7,14-17H2,1H3,(H,24,27)(H,25,28). The van der Waals surface area contributed by atoms with Crippen LogP contribution in [0, 0.1) is 0 Å². The fourth-order valence-corrected chi connectivity index (χ4v) is 3.64. The highest BCUT2D eigenvalue weighted by Crippen LogP contribution is 2.25. The molecule has 0 spiro atoms. The first kappa shape index (κ1) is 20.9. The minimum atomic E-state index is -0.247. The van der Waals surface area contributed by atoms with Crippen LogP contribution in [-0.4, -0.2) is 50.0 Å². The Morgan fingerprint density at radius 3 is 2.31 bits per heavy atom. The predicted octanol–water partition coefficient (Wildman–Crippen LogP) is 2.77. The average molecular weight is 396 g/mol. The van der Waals surface area contributed by atoms with E-state index < -0.39 is 0 Å². The molecule has 0 saturated carbocycles. The van der Waals surface area contributed by atoms with Gasteiger partial charge < -0.3 is 15.4 Å². The molecule has 1 atom stereocenters. The van der Waals surface area contributed by atoms with Crippen molar-refractivity contribution >= 4 is 11.8 Å². The molecule has 0 radical (unpaired) electrons. The zero-order valence-electron chi connectivity index (χ0n) is 16.9. The molecule has 3 rings (SSSR count). The molecule has 29 heavy (non-hydrogen) atoms. The molecule has 1 aliphatic rings. The van der Waals surface area contributed by atoms with Crippen LogP contribution in [0.2, 0.25) is 0 Å². The Bertz CT molecular complexity index is 787. The van der Waals surface area contributed by atoms with Gasteiger partial charge in [-0.25, -0.2) is 0 Å². The van der Waals surface area contributed by atoms with E-state index in [1.165, 1.54) is 19.3 Å². The van der Waals surface area contributed by atoms with E-state index in [1.54, 1.807) is 31.4 Å². The number of methoxy groups -OCH3 is 1. The number of hydrogen-bond donors (Lipinski definition) is 2. The van der Waals surface area contributed by atoms with Gasteiger partial charge in [0.05, 0.1) is 19.7 Å². The number of nitrogens with one attached hydrogen (secondary N) is 2. The number of benzene rings is 2. The Hall–Kier alpha value is -2.86. The number of rotatable bonds is 8. The molecule has 0 bridgehead atoms. The molecule has 2 N–H and O–H groups in total. The van der Waals surface area contributed by atoms with Crippen molar-refractivity contribution in [3.05, 3.63) is 65.7 Å². The van der Waals surface area contributed by atoms with E-state index in [4.69, 9.17) is 4.74 Å². The van der Waals surface area contributed by atoms with Crippen LogP contribution in [0.1, 0.15) is 41.2 Å². The minimum Gasteiger partial charge on any atom is -0.497 e. The topological polar surface area (TPSA) is 70.7 Å². The molecule has 6 nitrogen and oxygen atoms in total. The van der Waals surface area contributed by atoms with Crippen molar-refractivity contribution < 1.29 is 14.3 Å². The van der Waals surface area contributed by atoms with Crippen LogP contribution in [0.3, 0.4) is 0 Å². The summed E-state index contributed by atoms with van der Waals surface area (Å²) in [5.74, 6) is 0.382. The van der Waals surface area contributed by atoms with Gasteiger partial charge in [-0.15, -0.1) is 0 Å². The minimum absolute atomic E-state index is 0.0386. The van der Waals surface area contributed by atoms with Crippen molar-refractivity contribution in [1.82, 2.24) is 15.5 Å². The second kappa shape index (κ2) is 10.6. The van der Waals surface area contributed by atoms with Crippen LogP contribution in [0.25, 0.3) is 0 Å². The van der Waals surface area contributed by atoms with E-state index in [9.17, 15) is 9.59 Å². The molecule has 6 heteroatoms. The normalized spacial score (nSPS) is 15.3. The van der Waals surface area contributed by atoms with Crippen LogP contribution in [-0.2, 0) is 4.79 Å². The van der Waals surface area contributed by atoms with Gasteiger partial charge in [-0.2, -0.15) is 0 Å². The molecule has 0 aromatic heterocycles. The van der Waals surface area contributed by atoms with Gasteiger partial charge >= 0.3 is 0 Å². The smallest absolute Gasteiger partial charge is 0.251 e. The van der Waals surface area contributed by atoms with Gasteiger partial charge in [0.15, 0.2) is 0 Å². The van der Waals surface area contributed by atoms with Crippen LogP contribution in [0.4, 0.5) is 0 Å². The molecule has 2 aromatic rings. The highest BCUT2D eigenvalue weighted by atomic mass is 16.5. The summed E-state index contributed by atoms with van der Waals surface area (Å²) in [6.07, 6.45) is 3.60. The second-order valence-corrected chi connectivity index (χ2v) is 7.24. The Kier molecular flexibility index (Phi) is 7.64. The molecular weight excluding hydrogens is 366 g/mol. The molecule has 1 heterocycles. The highest BCUT2D eigenvalue weighted by molar-refractivity contribution is 5.96. The van der Waals surface area contributed by atoms with Gasteiger partial charge in [0, 0.05) is 12.1 Å². The molecule has 1 aliphatic heterocycles. The third-order valence-corrected chi connectivity index (χ3v) is 5.27. The number of ether oxygens (including phenoxy) is 1. The third kappa shape index (κ3) is 6.06. The second-order valence-electron chi connectivity index (χ2n) is 7.24. The van der Waals surface area contributed by atoms with Crippen LogP contribution in [0.15, 0.2) is 54.6 Å². The Morgan fingerprint density at radius 1 is 0.966 bits per heavy atom. The van der Waals surface area contributed by atoms with E-state index in [0.717, 1.165) is 24.4 Å². The number of carbonyl (C=O) groups is 2. The summed E-state index contributed by atoms with van der Waals surface area (Å²) in [6, 6.07) is 17.0. The monoisotopic (exact) mass is 395 g/mol. The first-order valence-corrected chi connectivity index (χ1v) is 10.2. The molecular formula is C23H29N3O3. The molecule has 0 aliphatic carbocycles. The summed E-state index contributed by atoms with van der Waals surface area (Å²) in [7, 11) is 1.65. The van der Waals surface area contributed by atoms with E-state index >= 15 is 0 Å². The molecule has 2 amide bonds. The van der Waals surface area contributed by atoms with E-state index in [-0.39, 0.29) is 24.4 Å². The van der Waals surface area contributed by atoms with Crippen LogP contribution >= 0.6 is 0 Å². The Balaban J connectivity index is 1.57. The van der Waals surface area contributed by atoms with Crippen molar-refractivity contribution in [2.45, 2.75) is 25.3 Å². The molecule has 2 aromatic carbocycles. The maximum atomic E-state index is 12.3. The van der Waals surface area contributed by atoms with E-state index in [2.05, 4.69) is 27.7 Å². The predicted molar refractivity (Wildman–Crippen MR) is 113 cm³/mol. The van der Waals surface area contributed by atoms with E-state index in [0.29, 0.717) is 12.1 Å². The summed E-state index contributed by atoms with van der Waals surface area (Å²) >= 11 is 0. The van der Waals surface area contributed by atoms with Crippen molar-refractivity contribution in [1.29, 1.82) is 0 Å². The quantitative estimate of drug-likeness (QED) is 0.721. The Labute approximate surface area is 172 Å². The summed E-state index contributed by atoms with van der Waals surface area (Å²) in [5.41, 5.74) is 1.70. The van der Waals surface area contributed by atoms with Crippen molar-refractivity contribution in [2.75, 3.05) is 33.3 Å². The number of carbonyl (C=O) groups excluding carboxylic acids is 2. The number of piperidine rings is 1. The fourth-order valence-electron chi connectivity index (χ4n) is 3.64. The summed E-state index contributed by atoms with van der Waals surface area (Å²) in [5, 5.41) is 5.66. The third-order valence-electron chi connectivity index (χ3n) is 5.27. The SMILES string of the molecule is COc1ccc(C(CNC(=O)CNC(=O)c2ccccc2)N2CCCCC2)cc1. The number of amides is 2. The average Bonchev–Trinajstić information content (AvgIpc) is 2.79. The lowest BCUT2D eigenvalue weighted by atomic mass is 10.0. The summed E-state index contributed by atoms with van der Waals surface area (Å²) in [4.78, 5) is 26.9. The lowest BCUT2D eigenvalue weighted by Gasteiger charge is -2.35. The van der Waals surface area contributed by atoms with Gasteiger partial charge in [0.1, 0.15) is 5.75 Å². The largest absolute Gasteiger partial charge is 0.497 e. The lowest BCUT2D eigenvalue weighted by Crippen LogP contribution is -2.43. The molecule has 154 valence electrons. The lowest BCUT2D eigenvalue weighted by molar-refractivity contribution is -0.120. The van der Waals surface area contributed by atoms with Gasteiger partial charge in [0.2, 0.25) is 5.91 Å².